The number of nitrogens with one attached hydrogen (secondary N) is 1. The molecule has 18 heavy (non-hydrogen) atoms. The second-order valence-electron chi connectivity index (χ2n) is 6.04. The zero-order chi connectivity index (χ0) is 13.4. The van der Waals surface area contributed by atoms with Gasteiger partial charge in [-0.3, -0.25) is 0 Å². The normalized spacial score (nSPS) is 16.8. The van der Waals surface area contributed by atoms with Crippen molar-refractivity contribution < 1.29 is 9.53 Å². The maximum atomic E-state index is 11.4. The van der Waals surface area contributed by atoms with Crippen molar-refractivity contribution in [2.24, 2.45) is 0 Å². The fraction of sp³-hybridized carbons (Fsp3) is 0.929. The fourth-order valence-corrected chi connectivity index (χ4v) is 2.15. The predicted octanol–water partition coefficient (Wildman–Crippen LogP) is 2.78. The Morgan fingerprint density at radius 2 is 1.83 bits per heavy atom. The highest BCUT2D eigenvalue weighted by atomic mass is 16.6. The van der Waals surface area contributed by atoms with Gasteiger partial charge >= 0.3 is 6.09 Å². The number of hydrogen-bond acceptors (Lipinski definition) is 3. The van der Waals surface area contributed by atoms with Crippen LogP contribution in [0.2, 0.25) is 0 Å². The van der Waals surface area contributed by atoms with Gasteiger partial charge in [-0.05, 0) is 66.1 Å². The molecule has 0 aliphatic carbocycles. The van der Waals surface area contributed by atoms with Crippen molar-refractivity contribution in [2.75, 3.05) is 26.2 Å². The molecular formula is C14H28N2O2. The molecule has 0 saturated carbocycles. The van der Waals surface area contributed by atoms with Gasteiger partial charge in [-0.2, -0.15) is 0 Å². The van der Waals surface area contributed by atoms with Crippen LogP contribution in [0.25, 0.3) is 0 Å². The van der Waals surface area contributed by atoms with E-state index in [2.05, 4.69) is 10.2 Å². The van der Waals surface area contributed by atoms with E-state index in [4.69, 9.17) is 4.74 Å². The average molecular weight is 256 g/mol. The maximum absolute atomic E-state index is 11.4. The van der Waals surface area contributed by atoms with Gasteiger partial charge in [-0.15, -0.1) is 0 Å². The number of carbonyl (C=O) groups is 1. The van der Waals surface area contributed by atoms with Crippen LogP contribution >= 0.6 is 0 Å². The first-order chi connectivity index (χ1) is 8.47. The molecule has 1 heterocycles. The van der Waals surface area contributed by atoms with Crippen molar-refractivity contribution in [3.05, 3.63) is 0 Å². The van der Waals surface area contributed by atoms with Crippen LogP contribution in [0.15, 0.2) is 0 Å². The average Bonchev–Trinajstić information content (AvgIpc) is 2.73. The van der Waals surface area contributed by atoms with E-state index < -0.39 is 5.60 Å². The third-order valence-electron chi connectivity index (χ3n) is 3.02. The van der Waals surface area contributed by atoms with E-state index in [9.17, 15) is 4.79 Å². The van der Waals surface area contributed by atoms with Crippen LogP contribution in [0.1, 0.15) is 52.9 Å². The second kappa shape index (κ2) is 7.62. The van der Waals surface area contributed by atoms with Crippen LogP contribution in [-0.4, -0.2) is 42.8 Å². The quantitative estimate of drug-likeness (QED) is 0.743. The lowest BCUT2D eigenvalue weighted by atomic mass is 10.2. The second-order valence-corrected chi connectivity index (χ2v) is 6.04. The number of carbonyl (C=O) groups excluding carboxylic acids is 1. The summed E-state index contributed by atoms with van der Waals surface area (Å²) in [4.78, 5) is 13.9. The molecule has 0 spiro atoms. The molecule has 1 aliphatic rings. The number of hydrogen-bond donors (Lipinski definition) is 1. The molecular weight excluding hydrogens is 228 g/mol. The van der Waals surface area contributed by atoms with Gasteiger partial charge in [0.05, 0.1) is 0 Å². The molecule has 0 bridgehead atoms. The number of likely N-dealkylation sites (tertiary alicyclic amines) is 1. The number of ether oxygens (including phenoxy) is 1. The first-order valence-electron chi connectivity index (χ1n) is 7.16. The van der Waals surface area contributed by atoms with Gasteiger partial charge in [0.15, 0.2) is 0 Å². The minimum Gasteiger partial charge on any atom is -0.444 e. The van der Waals surface area contributed by atoms with Gasteiger partial charge in [0.1, 0.15) is 5.60 Å². The highest BCUT2D eigenvalue weighted by Gasteiger charge is 2.15. The topological polar surface area (TPSA) is 41.6 Å². The molecule has 1 saturated heterocycles. The van der Waals surface area contributed by atoms with Gasteiger partial charge in [0, 0.05) is 6.54 Å². The van der Waals surface area contributed by atoms with Crippen LogP contribution < -0.4 is 5.32 Å². The lowest BCUT2D eigenvalue weighted by molar-refractivity contribution is 0.0527. The minimum absolute atomic E-state index is 0.304. The van der Waals surface area contributed by atoms with Crippen molar-refractivity contribution in [3.63, 3.8) is 0 Å². The van der Waals surface area contributed by atoms with Crippen molar-refractivity contribution in [2.45, 2.75) is 58.5 Å². The van der Waals surface area contributed by atoms with Crippen LogP contribution in [0, 0.1) is 0 Å². The summed E-state index contributed by atoms with van der Waals surface area (Å²) in [6.45, 7) is 10.1. The van der Waals surface area contributed by atoms with Crippen molar-refractivity contribution in [3.8, 4) is 0 Å². The molecule has 0 atom stereocenters. The summed E-state index contributed by atoms with van der Waals surface area (Å²) in [7, 11) is 0. The number of rotatable bonds is 6. The van der Waals surface area contributed by atoms with E-state index in [1.807, 2.05) is 20.8 Å². The molecule has 1 N–H and O–H groups in total. The Morgan fingerprint density at radius 1 is 1.17 bits per heavy atom. The molecule has 0 aromatic rings. The number of amides is 1. The third kappa shape index (κ3) is 7.54. The lowest BCUT2D eigenvalue weighted by Crippen LogP contribution is -2.33. The SMILES string of the molecule is CC(C)(C)OC(=O)NCCCCCN1CCCC1. The van der Waals surface area contributed by atoms with Gasteiger partial charge in [0.2, 0.25) is 0 Å². The van der Waals surface area contributed by atoms with Crippen LogP contribution in [0.5, 0.6) is 0 Å². The summed E-state index contributed by atoms with van der Waals surface area (Å²) in [5.74, 6) is 0. The zero-order valence-corrected chi connectivity index (χ0v) is 12.1. The van der Waals surface area contributed by atoms with Gasteiger partial charge in [-0.1, -0.05) is 6.42 Å². The molecule has 106 valence electrons. The maximum Gasteiger partial charge on any atom is 0.407 e. The molecule has 4 heteroatoms. The molecule has 1 rings (SSSR count). The summed E-state index contributed by atoms with van der Waals surface area (Å²) in [5, 5.41) is 2.79. The molecule has 0 aromatic carbocycles. The standard InChI is InChI=1S/C14H28N2O2/c1-14(2,3)18-13(17)15-9-5-4-6-10-16-11-7-8-12-16/h4-12H2,1-3H3,(H,15,17). The summed E-state index contributed by atoms with van der Waals surface area (Å²) in [6.07, 6.45) is 5.86. The number of alkyl carbamates (subject to hydrolysis) is 1. The fourth-order valence-electron chi connectivity index (χ4n) is 2.15. The Balaban J connectivity index is 1.90. The van der Waals surface area contributed by atoms with Crippen LogP contribution in [-0.2, 0) is 4.74 Å². The van der Waals surface area contributed by atoms with Crippen molar-refractivity contribution in [1.82, 2.24) is 10.2 Å². The largest absolute Gasteiger partial charge is 0.444 e. The third-order valence-corrected chi connectivity index (χ3v) is 3.02. The first kappa shape index (κ1) is 15.3. The Labute approximate surface area is 111 Å². The number of unbranched alkanes of at least 4 members (excludes halogenated alkanes) is 2. The Hall–Kier alpha value is -0.770. The molecule has 1 amide bonds. The molecule has 1 fully saturated rings. The van der Waals surface area contributed by atoms with Gasteiger partial charge in [-0.25, -0.2) is 4.79 Å². The molecule has 0 aromatic heterocycles. The predicted molar refractivity (Wildman–Crippen MR) is 73.8 cm³/mol. The number of nitrogens with zero attached hydrogens (tertiary/aromatic N) is 1. The van der Waals surface area contributed by atoms with E-state index >= 15 is 0 Å². The zero-order valence-electron chi connectivity index (χ0n) is 12.1. The summed E-state index contributed by atoms with van der Waals surface area (Å²) in [5.41, 5.74) is -0.403. The van der Waals surface area contributed by atoms with E-state index in [-0.39, 0.29) is 6.09 Å². The van der Waals surface area contributed by atoms with Crippen LogP contribution in [0.4, 0.5) is 4.79 Å². The van der Waals surface area contributed by atoms with Crippen LogP contribution in [0.3, 0.4) is 0 Å². The summed E-state index contributed by atoms with van der Waals surface area (Å²) < 4.78 is 5.17. The Bertz CT molecular complexity index is 243. The Morgan fingerprint density at radius 3 is 2.44 bits per heavy atom. The van der Waals surface area contributed by atoms with Gasteiger partial charge in [0.25, 0.3) is 0 Å². The molecule has 0 unspecified atom stereocenters. The van der Waals surface area contributed by atoms with Gasteiger partial charge < -0.3 is 15.0 Å². The molecule has 1 aliphatic heterocycles. The molecule has 4 nitrogen and oxygen atoms in total. The van der Waals surface area contributed by atoms with Crippen molar-refractivity contribution in [1.29, 1.82) is 0 Å². The van der Waals surface area contributed by atoms with E-state index in [1.165, 1.54) is 45.3 Å². The monoisotopic (exact) mass is 256 g/mol. The summed E-state index contributed by atoms with van der Waals surface area (Å²) in [6, 6.07) is 0. The first-order valence-corrected chi connectivity index (χ1v) is 7.16. The lowest BCUT2D eigenvalue weighted by Gasteiger charge is -2.19. The highest BCUT2D eigenvalue weighted by molar-refractivity contribution is 5.67. The van der Waals surface area contributed by atoms with Crippen molar-refractivity contribution >= 4 is 6.09 Å². The highest BCUT2D eigenvalue weighted by Crippen LogP contribution is 2.09. The minimum atomic E-state index is -0.403. The van der Waals surface area contributed by atoms with E-state index in [0.29, 0.717) is 0 Å². The smallest absolute Gasteiger partial charge is 0.407 e. The summed E-state index contributed by atoms with van der Waals surface area (Å²) >= 11 is 0. The Kier molecular flexibility index (Phi) is 6.47. The molecule has 0 radical (unpaired) electrons. The van der Waals surface area contributed by atoms with E-state index in [0.717, 1.165) is 13.0 Å². The van der Waals surface area contributed by atoms with E-state index in [1.54, 1.807) is 0 Å².